The summed E-state index contributed by atoms with van der Waals surface area (Å²) in [6, 6.07) is 0. The monoisotopic (exact) mass is 1110 g/mol. The molecule has 6 heteroatoms. The van der Waals surface area contributed by atoms with E-state index in [9.17, 15) is 14.4 Å². The van der Waals surface area contributed by atoms with Gasteiger partial charge in [-0.25, -0.2) is 0 Å². The first-order chi connectivity index (χ1) is 39.5. The van der Waals surface area contributed by atoms with Crippen LogP contribution in [0.2, 0.25) is 0 Å². The predicted octanol–water partition coefficient (Wildman–Crippen LogP) is 23.8. The summed E-state index contributed by atoms with van der Waals surface area (Å²) in [6.07, 6.45) is 90.3. The normalized spacial score (nSPS) is 12.6. The molecule has 80 heavy (non-hydrogen) atoms. The Balaban J connectivity index is 4.25. The van der Waals surface area contributed by atoms with Gasteiger partial charge >= 0.3 is 17.9 Å². The molecule has 0 rings (SSSR count). The van der Waals surface area contributed by atoms with Gasteiger partial charge in [-0.3, -0.25) is 14.4 Å². The average Bonchev–Trinajstić information content (AvgIpc) is 3.46. The van der Waals surface area contributed by atoms with Gasteiger partial charge < -0.3 is 14.2 Å². The van der Waals surface area contributed by atoms with Crippen molar-refractivity contribution in [3.05, 3.63) is 85.1 Å². The van der Waals surface area contributed by atoms with Crippen LogP contribution in [0.25, 0.3) is 0 Å². The number of carbonyl (C=O) groups is 3. The topological polar surface area (TPSA) is 78.9 Å². The second kappa shape index (κ2) is 68.1. The van der Waals surface area contributed by atoms with E-state index in [4.69, 9.17) is 14.2 Å². The molecule has 0 aromatic rings. The maximum atomic E-state index is 12.9. The van der Waals surface area contributed by atoms with Crippen LogP contribution >= 0.6 is 0 Å². The molecule has 0 aliphatic heterocycles. The Morgan fingerprint density at radius 1 is 0.263 bits per heavy atom. The van der Waals surface area contributed by atoms with Crippen LogP contribution in [-0.4, -0.2) is 37.2 Å². The van der Waals surface area contributed by atoms with Gasteiger partial charge in [-0.05, 0) is 77.0 Å². The third-order valence-corrected chi connectivity index (χ3v) is 15.2. The van der Waals surface area contributed by atoms with Gasteiger partial charge in [0.05, 0.1) is 0 Å². The smallest absolute Gasteiger partial charge is 0.306 e. The Hall–Kier alpha value is -3.41. The van der Waals surface area contributed by atoms with Crippen molar-refractivity contribution in [1.82, 2.24) is 0 Å². The van der Waals surface area contributed by atoms with Gasteiger partial charge in [0.2, 0.25) is 0 Å². The van der Waals surface area contributed by atoms with Crippen LogP contribution in [0.15, 0.2) is 85.1 Å². The third kappa shape index (κ3) is 65.4. The van der Waals surface area contributed by atoms with Crippen LogP contribution in [0.5, 0.6) is 0 Å². The van der Waals surface area contributed by atoms with E-state index in [-0.39, 0.29) is 31.1 Å². The molecular formula is C74H130O6. The summed E-state index contributed by atoms with van der Waals surface area (Å²) in [4.78, 5) is 38.3. The molecule has 0 amide bonds. The van der Waals surface area contributed by atoms with E-state index >= 15 is 0 Å². The molecule has 6 nitrogen and oxygen atoms in total. The maximum absolute atomic E-state index is 12.9. The fraction of sp³-hybridized carbons (Fsp3) is 0.770. The molecule has 0 saturated carbocycles. The number of ether oxygens (including phenoxy) is 3. The molecule has 0 radical (unpaired) electrons. The Morgan fingerprint density at radius 3 is 0.762 bits per heavy atom. The Labute approximate surface area is 496 Å². The molecule has 0 aromatic carbocycles. The van der Waals surface area contributed by atoms with Gasteiger partial charge in [0, 0.05) is 19.3 Å². The quantitative estimate of drug-likeness (QED) is 0.0261. The number of rotatable bonds is 63. The molecule has 462 valence electrons. The Bertz CT molecular complexity index is 1520. The number of hydrogen-bond acceptors (Lipinski definition) is 6. The molecule has 1 unspecified atom stereocenters. The lowest BCUT2D eigenvalue weighted by molar-refractivity contribution is -0.167. The molecule has 0 aromatic heterocycles. The largest absolute Gasteiger partial charge is 0.462 e. The molecule has 0 bridgehead atoms. The average molecular weight is 1120 g/mol. The lowest BCUT2D eigenvalue weighted by Gasteiger charge is -2.18. The second-order valence-corrected chi connectivity index (χ2v) is 23.1. The first kappa shape index (κ1) is 76.6. The first-order valence-electron chi connectivity index (χ1n) is 34.6. The Kier molecular flexibility index (Phi) is 65.2. The lowest BCUT2D eigenvalue weighted by Crippen LogP contribution is -2.30. The van der Waals surface area contributed by atoms with E-state index in [1.54, 1.807) is 0 Å². The molecule has 0 saturated heterocycles. The molecule has 0 N–H and O–H groups in total. The second-order valence-electron chi connectivity index (χ2n) is 23.1. The zero-order valence-corrected chi connectivity index (χ0v) is 53.1. The summed E-state index contributed by atoms with van der Waals surface area (Å²) < 4.78 is 17.0. The minimum Gasteiger partial charge on any atom is -0.462 e. The fourth-order valence-electron chi connectivity index (χ4n) is 10.0. The molecule has 0 spiro atoms. The van der Waals surface area contributed by atoms with Crippen LogP contribution in [0.4, 0.5) is 0 Å². The minimum absolute atomic E-state index is 0.0749. The van der Waals surface area contributed by atoms with E-state index in [0.717, 1.165) is 109 Å². The zero-order valence-electron chi connectivity index (χ0n) is 53.1. The van der Waals surface area contributed by atoms with E-state index in [2.05, 4.69) is 106 Å². The maximum Gasteiger partial charge on any atom is 0.306 e. The first-order valence-corrected chi connectivity index (χ1v) is 34.6. The van der Waals surface area contributed by atoms with Crippen LogP contribution in [0, 0.1) is 0 Å². The lowest BCUT2D eigenvalue weighted by atomic mass is 10.0. The van der Waals surface area contributed by atoms with Crippen LogP contribution < -0.4 is 0 Å². The predicted molar refractivity (Wildman–Crippen MR) is 348 cm³/mol. The summed E-state index contributed by atoms with van der Waals surface area (Å²) >= 11 is 0. The third-order valence-electron chi connectivity index (χ3n) is 15.2. The number of allylic oxidation sites excluding steroid dienone is 14. The van der Waals surface area contributed by atoms with Gasteiger partial charge in [-0.2, -0.15) is 0 Å². The number of hydrogen-bond donors (Lipinski definition) is 0. The highest BCUT2D eigenvalue weighted by atomic mass is 16.6. The van der Waals surface area contributed by atoms with Crippen LogP contribution in [0.3, 0.4) is 0 Å². The van der Waals surface area contributed by atoms with Crippen LogP contribution in [0.1, 0.15) is 348 Å². The van der Waals surface area contributed by atoms with Crippen molar-refractivity contribution in [2.75, 3.05) is 13.2 Å². The minimum atomic E-state index is -0.779. The van der Waals surface area contributed by atoms with E-state index in [1.165, 1.54) is 199 Å². The van der Waals surface area contributed by atoms with Crippen molar-refractivity contribution in [2.24, 2.45) is 0 Å². The summed E-state index contributed by atoms with van der Waals surface area (Å²) in [5.74, 6) is -0.868. The molecule has 0 heterocycles. The highest BCUT2D eigenvalue weighted by Crippen LogP contribution is 2.18. The van der Waals surface area contributed by atoms with Gasteiger partial charge in [-0.15, -0.1) is 0 Å². The van der Waals surface area contributed by atoms with Gasteiger partial charge in [0.1, 0.15) is 13.2 Å². The van der Waals surface area contributed by atoms with Crippen molar-refractivity contribution in [3.8, 4) is 0 Å². The van der Waals surface area contributed by atoms with Crippen molar-refractivity contribution < 1.29 is 28.6 Å². The standard InChI is InChI=1S/C74H130O6/c1-4-7-10-13-16-19-22-24-26-28-30-32-34-35-36-37-38-39-40-42-43-45-47-49-52-55-58-61-64-67-73(76)79-70-71(69-78-72(75)66-63-60-57-54-51-21-18-15-12-9-6-3)80-74(77)68-65-62-59-56-53-50-48-46-44-41-33-31-29-27-25-23-20-17-14-11-8-5-2/h7,10,16,19,24,26,30,32,35-36,38-39,42-43,71H,4-6,8-9,11-15,17-18,20-23,25,27-29,31,33-34,37,40-41,44-70H2,1-3H3/b10-7-,19-16-,26-24-,32-30-,36-35-,39-38-,43-42-. The van der Waals surface area contributed by atoms with Crippen molar-refractivity contribution in [2.45, 2.75) is 354 Å². The molecule has 0 fully saturated rings. The van der Waals surface area contributed by atoms with Crippen molar-refractivity contribution in [1.29, 1.82) is 0 Å². The summed E-state index contributed by atoms with van der Waals surface area (Å²) in [5, 5.41) is 0. The van der Waals surface area contributed by atoms with E-state index in [0.29, 0.717) is 19.3 Å². The number of esters is 3. The van der Waals surface area contributed by atoms with Gasteiger partial charge in [0.25, 0.3) is 0 Å². The highest BCUT2D eigenvalue weighted by molar-refractivity contribution is 5.71. The Morgan fingerprint density at radius 2 is 0.487 bits per heavy atom. The molecule has 0 aliphatic rings. The molecule has 0 aliphatic carbocycles. The fourth-order valence-corrected chi connectivity index (χ4v) is 10.0. The zero-order chi connectivity index (χ0) is 57.8. The number of unbranched alkanes of at least 4 members (excludes halogenated alkanes) is 38. The highest BCUT2D eigenvalue weighted by Gasteiger charge is 2.19. The number of carbonyl (C=O) groups excluding carboxylic acids is 3. The summed E-state index contributed by atoms with van der Waals surface area (Å²) in [5.41, 5.74) is 0. The van der Waals surface area contributed by atoms with Crippen molar-refractivity contribution in [3.63, 3.8) is 0 Å². The molecular weight excluding hydrogens is 985 g/mol. The molecule has 1 atom stereocenters. The summed E-state index contributed by atoms with van der Waals surface area (Å²) in [7, 11) is 0. The summed E-state index contributed by atoms with van der Waals surface area (Å²) in [6.45, 7) is 6.56. The van der Waals surface area contributed by atoms with E-state index < -0.39 is 6.10 Å². The van der Waals surface area contributed by atoms with Gasteiger partial charge in [-0.1, -0.05) is 337 Å². The van der Waals surface area contributed by atoms with Gasteiger partial charge in [0.15, 0.2) is 6.10 Å². The SMILES string of the molecule is CC/C=C\C/C=C\C/C=C\C/C=C\C/C=C\C/C=C\C/C=C\CCCCCCCCCC(=O)OCC(COC(=O)CCCCCCCCCCCCC)OC(=O)CCCCCCCCCCCCCCCCCCCCCCCC. The van der Waals surface area contributed by atoms with Crippen molar-refractivity contribution >= 4 is 17.9 Å². The van der Waals surface area contributed by atoms with Crippen LogP contribution in [-0.2, 0) is 28.6 Å². The van der Waals surface area contributed by atoms with E-state index in [1.807, 2.05) is 0 Å².